The van der Waals surface area contributed by atoms with E-state index in [0.29, 0.717) is 41.9 Å². The average molecular weight is 409 g/mol. The third-order valence-corrected chi connectivity index (χ3v) is 6.88. The lowest BCUT2D eigenvalue weighted by molar-refractivity contribution is -0.144. The van der Waals surface area contributed by atoms with Crippen LogP contribution in [0.3, 0.4) is 0 Å². The summed E-state index contributed by atoms with van der Waals surface area (Å²) in [6, 6.07) is 0.659. The summed E-state index contributed by atoms with van der Waals surface area (Å²) < 4.78 is 1.88. The highest BCUT2D eigenvalue weighted by Gasteiger charge is 2.45. The van der Waals surface area contributed by atoms with Gasteiger partial charge in [0.1, 0.15) is 0 Å². The van der Waals surface area contributed by atoms with Crippen molar-refractivity contribution in [3.8, 4) is 0 Å². The normalized spacial score (nSPS) is 30.6. The number of rotatable bonds is 2. The molecule has 0 aromatic carbocycles. The van der Waals surface area contributed by atoms with Gasteiger partial charge in [0, 0.05) is 32.1 Å². The number of fused-ring (bicyclic) bond motifs is 4. The van der Waals surface area contributed by atoms with Crippen LogP contribution in [0.2, 0.25) is 0 Å². The van der Waals surface area contributed by atoms with Crippen molar-refractivity contribution in [3.63, 3.8) is 0 Å². The summed E-state index contributed by atoms with van der Waals surface area (Å²) in [6.45, 7) is 4.25. The molecule has 2 bridgehead atoms. The van der Waals surface area contributed by atoms with Crippen LogP contribution in [0, 0.1) is 11.8 Å². The van der Waals surface area contributed by atoms with Crippen molar-refractivity contribution in [2.24, 2.45) is 11.8 Å². The molecule has 4 aliphatic heterocycles. The molecule has 154 valence electrons. The van der Waals surface area contributed by atoms with Crippen molar-refractivity contribution >= 4 is 24.2 Å². The van der Waals surface area contributed by atoms with Crippen molar-refractivity contribution < 1.29 is 9.59 Å². The van der Waals surface area contributed by atoms with Gasteiger partial charge in [0.2, 0.25) is 5.91 Å². The number of hydrogen-bond donors (Lipinski definition) is 1. The second kappa shape index (κ2) is 7.99. The summed E-state index contributed by atoms with van der Waals surface area (Å²) in [5, 5.41) is 11.8. The minimum absolute atomic E-state index is 0. The smallest absolute Gasteiger partial charge is 0.276 e. The second-order valence-electron chi connectivity index (χ2n) is 8.64. The highest BCUT2D eigenvalue weighted by molar-refractivity contribution is 5.92. The highest BCUT2D eigenvalue weighted by Crippen LogP contribution is 2.38. The van der Waals surface area contributed by atoms with Gasteiger partial charge in [-0.25, -0.2) is 4.68 Å². The lowest BCUT2D eigenvalue weighted by Crippen LogP contribution is -2.61. The molecular weight excluding hydrogens is 380 g/mol. The summed E-state index contributed by atoms with van der Waals surface area (Å²) in [7, 11) is 0. The number of piperidine rings is 4. The maximum absolute atomic E-state index is 13.1. The van der Waals surface area contributed by atoms with E-state index in [2.05, 4.69) is 20.5 Å². The van der Waals surface area contributed by atoms with E-state index in [1.165, 1.54) is 0 Å². The van der Waals surface area contributed by atoms with Gasteiger partial charge in [-0.2, -0.15) is 0 Å². The molecule has 8 nitrogen and oxygen atoms in total. The fourth-order valence-electron chi connectivity index (χ4n) is 5.56. The fourth-order valence-corrected chi connectivity index (χ4v) is 5.56. The van der Waals surface area contributed by atoms with Gasteiger partial charge in [-0.1, -0.05) is 5.21 Å². The molecule has 0 aliphatic carbocycles. The van der Waals surface area contributed by atoms with Crippen molar-refractivity contribution in [2.75, 3.05) is 32.7 Å². The van der Waals surface area contributed by atoms with Gasteiger partial charge in [-0.3, -0.25) is 9.59 Å². The summed E-state index contributed by atoms with van der Waals surface area (Å²) >= 11 is 0. The molecule has 5 heterocycles. The largest absolute Gasteiger partial charge is 0.339 e. The molecule has 1 aromatic rings. The Morgan fingerprint density at radius 1 is 1.14 bits per heavy atom. The van der Waals surface area contributed by atoms with E-state index in [1.54, 1.807) is 0 Å². The molecule has 9 heteroatoms. The third-order valence-electron chi connectivity index (χ3n) is 6.88. The predicted molar refractivity (Wildman–Crippen MR) is 105 cm³/mol. The van der Waals surface area contributed by atoms with Crippen LogP contribution in [-0.4, -0.2) is 75.4 Å². The number of halogens is 1. The van der Waals surface area contributed by atoms with E-state index in [1.807, 2.05) is 15.8 Å². The molecule has 5 rings (SSSR count). The number of amides is 2. The molecular formula is C19H29ClN6O2. The Morgan fingerprint density at radius 2 is 1.96 bits per heavy atom. The van der Waals surface area contributed by atoms with E-state index >= 15 is 0 Å². The molecule has 1 aromatic heterocycles. The summed E-state index contributed by atoms with van der Waals surface area (Å²) in [5.41, 5.74) is 0.463. The van der Waals surface area contributed by atoms with Crippen LogP contribution in [-0.2, 0) is 4.79 Å². The number of carbonyl (C=O) groups excluding carboxylic acids is 2. The van der Waals surface area contributed by atoms with Crippen LogP contribution in [0.4, 0.5) is 0 Å². The van der Waals surface area contributed by atoms with Crippen molar-refractivity contribution in [1.29, 1.82) is 0 Å². The Kier molecular flexibility index (Phi) is 5.60. The molecule has 2 unspecified atom stereocenters. The number of hydrogen-bond acceptors (Lipinski definition) is 5. The zero-order valence-corrected chi connectivity index (χ0v) is 16.9. The third kappa shape index (κ3) is 3.52. The van der Waals surface area contributed by atoms with Crippen LogP contribution < -0.4 is 5.32 Å². The first-order chi connectivity index (χ1) is 13.2. The van der Waals surface area contributed by atoms with Gasteiger partial charge in [0.25, 0.3) is 5.91 Å². The maximum atomic E-state index is 13.1. The van der Waals surface area contributed by atoms with E-state index in [9.17, 15) is 9.59 Å². The molecule has 0 spiro atoms. The Hall–Kier alpha value is -1.67. The minimum atomic E-state index is 0. The molecule has 2 amide bonds. The average Bonchev–Trinajstić information content (AvgIpc) is 3.19. The number of nitrogens with zero attached hydrogens (tertiary/aromatic N) is 5. The summed E-state index contributed by atoms with van der Waals surface area (Å²) in [6.07, 6.45) is 7.78. The molecule has 4 aliphatic rings. The highest BCUT2D eigenvalue weighted by atomic mass is 35.5. The standard InChI is InChI=1S/C19H28N6O2.ClH/c26-18-3-1-2-17-14-8-13(10-24(17)18)9-23(11-14)19(27)16-12-25(22-21-16)15-4-6-20-7-5-15;/h12-15,17,20H,1-11H2;1H/t13?,14?,17-;/m0./s1. The maximum Gasteiger partial charge on any atom is 0.276 e. The van der Waals surface area contributed by atoms with Gasteiger partial charge in [-0.15, -0.1) is 17.5 Å². The molecule has 4 saturated heterocycles. The molecule has 1 N–H and O–H groups in total. The Labute approximate surface area is 171 Å². The quantitative estimate of drug-likeness (QED) is 0.792. The number of nitrogens with one attached hydrogen (secondary N) is 1. The van der Waals surface area contributed by atoms with Crippen molar-refractivity contribution in [2.45, 2.75) is 50.6 Å². The molecule has 3 atom stereocenters. The molecule has 4 fully saturated rings. The van der Waals surface area contributed by atoms with Crippen LogP contribution in [0.15, 0.2) is 6.20 Å². The van der Waals surface area contributed by atoms with E-state index in [4.69, 9.17) is 0 Å². The number of likely N-dealkylation sites (tertiary alicyclic amines) is 1. The summed E-state index contributed by atoms with van der Waals surface area (Å²) in [4.78, 5) is 29.4. The fraction of sp³-hybridized carbons (Fsp3) is 0.789. The number of aromatic nitrogens is 3. The van der Waals surface area contributed by atoms with Gasteiger partial charge in [0.15, 0.2) is 5.69 Å². The Morgan fingerprint density at radius 3 is 2.79 bits per heavy atom. The molecule has 28 heavy (non-hydrogen) atoms. The molecule has 0 radical (unpaired) electrons. The van der Waals surface area contributed by atoms with E-state index < -0.39 is 0 Å². The molecule has 0 saturated carbocycles. The van der Waals surface area contributed by atoms with Crippen LogP contribution >= 0.6 is 12.4 Å². The zero-order chi connectivity index (χ0) is 18.4. The van der Waals surface area contributed by atoms with Crippen LogP contribution in [0.1, 0.15) is 55.1 Å². The van der Waals surface area contributed by atoms with E-state index in [0.717, 1.165) is 64.8 Å². The zero-order valence-electron chi connectivity index (χ0n) is 16.1. The minimum Gasteiger partial charge on any atom is -0.339 e. The van der Waals surface area contributed by atoms with Gasteiger partial charge >= 0.3 is 0 Å². The lowest BCUT2D eigenvalue weighted by Gasteiger charge is -2.52. The van der Waals surface area contributed by atoms with Gasteiger partial charge in [0.05, 0.1) is 12.2 Å². The predicted octanol–water partition coefficient (Wildman–Crippen LogP) is 1.10. The number of carbonyl (C=O) groups is 2. The second-order valence-corrected chi connectivity index (χ2v) is 8.64. The first-order valence-electron chi connectivity index (χ1n) is 10.4. The Bertz CT molecular complexity index is 734. The van der Waals surface area contributed by atoms with Crippen LogP contribution in [0.5, 0.6) is 0 Å². The summed E-state index contributed by atoms with van der Waals surface area (Å²) in [5.74, 6) is 1.11. The lowest BCUT2D eigenvalue weighted by atomic mass is 9.76. The van der Waals surface area contributed by atoms with Crippen molar-refractivity contribution in [1.82, 2.24) is 30.1 Å². The Balaban J connectivity index is 0.00000192. The first kappa shape index (κ1) is 19.6. The topological polar surface area (TPSA) is 83.4 Å². The van der Waals surface area contributed by atoms with Gasteiger partial charge in [-0.05, 0) is 57.0 Å². The van der Waals surface area contributed by atoms with Gasteiger partial charge < -0.3 is 15.1 Å². The van der Waals surface area contributed by atoms with Crippen molar-refractivity contribution in [3.05, 3.63) is 11.9 Å². The van der Waals surface area contributed by atoms with E-state index in [-0.39, 0.29) is 18.3 Å². The SMILES string of the molecule is Cl.O=C(c1cn(C2CCNCC2)nn1)N1CC2CC(C1)[C@@H]1CCCC(=O)N1C2. The van der Waals surface area contributed by atoms with Crippen LogP contribution in [0.25, 0.3) is 0 Å². The monoisotopic (exact) mass is 408 g/mol. The first-order valence-corrected chi connectivity index (χ1v) is 10.4.